The average Bonchev–Trinajstić information content (AvgIpc) is 3.71. The number of furan rings is 1. The van der Waals surface area contributed by atoms with Gasteiger partial charge in [-0.25, -0.2) is 4.79 Å². The number of rotatable bonds is 5. The number of ketones is 1. The second kappa shape index (κ2) is 12.3. The van der Waals surface area contributed by atoms with Gasteiger partial charge in [0.25, 0.3) is 0 Å². The van der Waals surface area contributed by atoms with Gasteiger partial charge in [0.1, 0.15) is 11.4 Å². The van der Waals surface area contributed by atoms with Gasteiger partial charge in [-0.15, -0.1) is 13.2 Å². The van der Waals surface area contributed by atoms with Gasteiger partial charge in [-0.3, -0.25) is 9.69 Å². The van der Waals surface area contributed by atoms with Crippen LogP contribution in [-0.2, 0) is 17.7 Å². The molecular formula is C36H38F3NO6. The first-order valence-corrected chi connectivity index (χ1v) is 15.7. The van der Waals surface area contributed by atoms with Crippen molar-refractivity contribution < 1.29 is 41.8 Å². The van der Waals surface area contributed by atoms with Crippen molar-refractivity contribution in [2.75, 3.05) is 6.54 Å². The maximum Gasteiger partial charge on any atom is 0.573 e. The van der Waals surface area contributed by atoms with Crippen LogP contribution in [0.25, 0.3) is 0 Å². The molecule has 2 bridgehead atoms. The number of fused-ring (bicyclic) bond motifs is 8. The molecule has 1 spiro atoms. The van der Waals surface area contributed by atoms with Crippen molar-refractivity contribution >= 4 is 11.9 Å². The van der Waals surface area contributed by atoms with Crippen molar-refractivity contribution in [2.24, 2.45) is 5.41 Å². The summed E-state index contributed by atoms with van der Waals surface area (Å²) < 4.78 is 53.7. The summed E-state index contributed by atoms with van der Waals surface area (Å²) in [6, 6.07) is 14.7. The number of hydrogen-bond donors (Lipinski definition) is 1. The first-order chi connectivity index (χ1) is 21.9. The van der Waals surface area contributed by atoms with Crippen LogP contribution in [0.4, 0.5) is 18.0 Å². The zero-order valence-electron chi connectivity index (χ0n) is 25.9. The molecule has 2 aromatic carbocycles. The van der Waals surface area contributed by atoms with Crippen LogP contribution in [0.3, 0.4) is 0 Å². The van der Waals surface area contributed by atoms with Crippen LogP contribution < -0.4 is 4.74 Å². The predicted octanol–water partition coefficient (Wildman–Crippen LogP) is 8.11. The molecule has 0 radical (unpaired) electrons. The van der Waals surface area contributed by atoms with E-state index in [1.165, 1.54) is 36.1 Å². The van der Waals surface area contributed by atoms with E-state index < -0.39 is 29.6 Å². The molecule has 1 aliphatic heterocycles. The second-order valence-corrected chi connectivity index (χ2v) is 13.1. The van der Waals surface area contributed by atoms with E-state index in [0.29, 0.717) is 49.8 Å². The van der Waals surface area contributed by atoms with Crippen molar-refractivity contribution in [2.45, 2.75) is 89.3 Å². The van der Waals surface area contributed by atoms with E-state index in [1.54, 1.807) is 17.0 Å². The summed E-state index contributed by atoms with van der Waals surface area (Å²) in [7, 11) is 0. The Hall–Kier alpha value is -4.05. The third kappa shape index (κ3) is 6.32. The van der Waals surface area contributed by atoms with E-state index in [0.717, 1.165) is 24.0 Å². The summed E-state index contributed by atoms with van der Waals surface area (Å²) in [4.78, 5) is 28.9. The monoisotopic (exact) mass is 637 g/mol. The van der Waals surface area contributed by atoms with Crippen molar-refractivity contribution in [1.82, 2.24) is 4.90 Å². The Morgan fingerprint density at radius 1 is 1.11 bits per heavy atom. The summed E-state index contributed by atoms with van der Waals surface area (Å²) in [5.41, 5.74) is 2.70. The molecule has 244 valence electrons. The number of benzene rings is 2. The number of halogens is 3. The van der Waals surface area contributed by atoms with Gasteiger partial charge in [0.2, 0.25) is 5.78 Å². The quantitative estimate of drug-likeness (QED) is 0.225. The third-order valence-corrected chi connectivity index (χ3v) is 10.1. The summed E-state index contributed by atoms with van der Waals surface area (Å²) in [6.45, 7) is 4.71. The molecule has 2 heterocycles. The zero-order valence-corrected chi connectivity index (χ0v) is 25.9. The number of aliphatic hydroxyl groups excluding tert-OH is 1. The predicted molar refractivity (Wildman–Crippen MR) is 163 cm³/mol. The fraction of sp³-hybridized carbons (Fsp3) is 0.444. The van der Waals surface area contributed by atoms with E-state index in [9.17, 15) is 27.9 Å². The minimum Gasteiger partial charge on any atom is -0.461 e. The van der Waals surface area contributed by atoms with Crippen LogP contribution in [0.1, 0.15) is 91.1 Å². The fourth-order valence-electron chi connectivity index (χ4n) is 7.66. The van der Waals surface area contributed by atoms with E-state index in [2.05, 4.69) is 24.7 Å². The Labute approximate surface area is 266 Å². The number of aliphatic hydroxyl groups is 1. The molecular weight excluding hydrogens is 599 g/mol. The Kier molecular flexibility index (Phi) is 8.52. The number of ether oxygens (including phenoxy) is 2. The molecule has 1 aromatic heterocycles. The van der Waals surface area contributed by atoms with Crippen molar-refractivity contribution in [3.05, 3.63) is 101 Å². The topological polar surface area (TPSA) is 89.2 Å². The normalized spacial score (nSPS) is 26.9. The Morgan fingerprint density at radius 2 is 1.89 bits per heavy atom. The van der Waals surface area contributed by atoms with Gasteiger partial charge >= 0.3 is 12.5 Å². The molecule has 4 aliphatic rings. The van der Waals surface area contributed by atoms with E-state index in [4.69, 9.17) is 9.15 Å². The zero-order chi connectivity index (χ0) is 32.7. The molecule has 4 atom stereocenters. The number of allylic oxidation sites excluding steroid dienone is 2. The first-order valence-electron chi connectivity index (χ1n) is 15.7. The summed E-state index contributed by atoms with van der Waals surface area (Å²) in [5.74, 6) is -0.446. The lowest BCUT2D eigenvalue weighted by atomic mass is 9.65. The summed E-state index contributed by atoms with van der Waals surface area (Å²) in [6.07, 6.45) is 2.34. The van der Waals surface area contributed by atoms with Gasteiger partial charge in [-0.2, -0.15) is 0 Å². The molecule has 1 saturated carbocycles. The van der Waals surface area contributed by atoms with Gasteiger partial charge in [-0.1, -0.05) is 42.8 Å². The first kappa shape index (κ1) is 31.9. The molecule has 2 fully saturated rings. The van der Waals surface area contributed by atoms with Crippen molar-refractivity contribution in [3.63, 3.8) is 0 Å². The summed E-state index contributed by atoms with van der Waals surface area (Å²) in [5, 5.41) is 10.8. The van der Waals surface area contributed by atoms with E-state index in [1.807, 2.05) is 18.2 Å². The van der Waals surface area contributed by atoms with E-state index >= 15 is 0 Å². The molecule has 1 amide bonds. The van der Waals surface area contributed by atoms with Gasteiger partial charge in [0.05, 0.1) is 18.9 Å². The SMILES string of the molecule is CC1=CCC[C@@]2(C)[C@@H](CC[C@@]23CN(Cc2ccc(OC(F)(F)F)cc2)C(=O)O3)c2ccc(cc2C(=O)c2ccco2)C[C@@H](O)CC1. The minimum absolute atomic E-state index is 0.122. The molecule has 3 aromatic rings. The molecule has 7 rings (SSSR count). The molecule has 10 heteroatoms. The molecule has 7 nitrogen and oxygen atoms in total. The number of carbonyl (C=O) groups excluding carboxylic acids is 2. The smallest absolute Gasteiger partial charge is 0.461 e. The standard InChI is InChI=1S/C36H38F3NO6/c1-23-5-3-16-34(2)30(28-14-10-25(19-26(41)11-7-23)20-29(28)32(42)31-6-4-18-44-31)15-17-35(34)22-40(33(43)46-35)21-24-8-12-27(13-9-24)45-36(37,38)39/h4-6,8-10,12-14,18,20,26,30,41H,3,7,11,15-17,19,21-22H2,1-2H3/t26-,30-,34-,35+/m0/s1. The van der Waals surface area contributed by atoms with Crippen LogP contribution >= 0.6 is 0 Å². The Bertz CT molecular complexity index is 1620. The number of alkyl halides is 3. The highest BCUT2D eigenvalue weighted by Crippen LogP contribution is 2.61. The van der Waals surface area contributed by atoms with E-state index in [-0.39, 0.29) is 29.8 Å². The maximum atomic E-state index is 13.9. The van der Waals surface area contributed by atoms with Crippen LogP contribution in [0.5, 0.6) is 5.75 Å². The minimum atomic E-state index is -4.79. The summed E-state index contributed by atoms with van der Waals surface area (Å²) >= 11 is 0. The van der Waals surface area contributed by atoms with Crippen LogP contribution in [-0.4, -0.2) is 46.5 Å². The van der Waals surface area contributed by atoms with Crippen LogP contribution in [0, 0.1) is 5.41 Å². The largest absolute Gasteiger partial charge is 0.573 e. The van der Waals surface area contributed by atoms with Gasteiger partial charge in [0, 0.05) is 17.5 Å². The molecule has 0 unspecified atom stereocenters. The van der Waals surface area contributed by atoms with Crippen molar-refractivity contribution in [3.8, 4) is 5.75 Å². The van der Waals surface area contributed by atoms with Gasteiger partial charge in [0.15, 0.2) is 5.76 Å². The van der Waals surface area contributed by atoms with Gasteiger partial charge < -0.3 is 19.0 Å². The molecule has 1 saturated heterocycles. The van der Waals surface area contributed by atoms with Crippen LogP contribution in [0.15, 0.2) is 76.9 Å². The highest BCUT2D eigenvalue weighted by atomic mass is 19.4. The highest BCUT2D eigenvalue weighted by molar-refractivity contribution is 6.08. The highest BCUT2D eigenvalue weighted by Gasteiger charge is 2.64. The lowest BCUT2D eigenvalue weighted by Crippen LogP contribution is -2.48. The van der Waals surface area contributed by atoms with Crippen molar-refractivity contribution in [1.29, 1.82) is 0 Å². The number of hydrogen-bond acceptors (Lipinski definition) is 6. The Morgan fingerprint density at radius 3 is 2.61 bits per heavy atom. The lowest BCUT2D eigenvalue weighted by Gasteiger charge is -2.43. The number of nitrogens with zero attached hydrogens (tertiary/aromatic N) is 1. The lowest BCUT2D eigenvalue weighted by molar-refractivity contribution is -0.274. The number of amides is 1. The molecule has 3 aliphatic carbocycles. The third-order valence-electron chi connectivity index (χ3n) is 10.1. The Balaban J connectivity index is 1.35. The molecule has 46 heavy (non-hydrogen) atoms. The number of carbonyl (C=O) groups is 2. The average molecular weight is 638 g/mol. The maximum absolute atomic E-state index is 13.9. The second-order valence-electron chi connectivity index (χ2n) is 13.1. The fourth-order valence-corrected chi connectivity index (χ4v) is 7.66. The molecule has 1 N–H and O–H groups in total. The van der Waals surface area contributed by atoms with Gasteiger partial charge in [-0.05, 0) is 105 Å². The van der Waals surface area contributed by atoms with Crippen LogP contribution in [0.2, 0.25) is 0 Å².